The van der Waals surface area contributed by atoms with Crippen LogP contribution in [0.25, 0.3) is 0 Å². The van der Waals surface area contributed by atoms with Crippen molar-refractivity contribution in [3.63, 3.8) is 0 Å². The third-order valence-corrected chi connectivity index (χ3v) is 4.17. The summed E-state index contributed by atoms with van der Waals surface area (Å²) in [6, 6.07) is 9.89. The van der Waals surface area contributed by atoms with Crippen molar-refractivity contribution in [1.29, 1.82) is 0 Å². The van der Waals surface area contributed by atoms with E-state index in [0.717, 1.165) is 42.9 Å². The van der Waals surface area contributed by atoms with E-state index < -0.39 is 0 Å². The van der Waals surface area contributed by atoms with Gasteiger partial charge in [0.05, 0.1) is 17.4 Å². The Morgan fingerprint density at radius 2 is 1.80 bits per heavy atom. The third-order valence-electron chi connectivity index (χ3n) is 4.17. The fourth-order valence-corrected chi connectivity index (χ4v) is 2.94. The highest BCUT2D eigenvalue weighted by Crippen LogP contribution is 2.24. The van der Waals surface area contributed by atoms with Crippen molar-refractivity contribution in [2.24, 2.45) is 0 Å². The summed E-state index contributed by atoms with van der Waals surface area (Å²) in [4.78, 5) is 19.3. The van der Waals surface area contributed by atoms with Crippen molar-refractivity contribution in [2.75, 3.05) is 23.3 Å². The molecule has 4 nitrogen and oxygen atoms in total. The number of carbonyl (C=O) groups is 1. The maximum Gasteiger partial charge on any atom is 0.257 e. The Hall–Kier alpha value is -2.36. The van der Waals surface area contributed by atoms with E-state index in [1.165, 1.54) is 0 Å². The molecule has 1 heterocycles. The van der Waals surface area contributed by atoms with Crippen LogP contribution in [0.5, 0.6) is 0 Å². The van der Waals surface area contributed by atoms with E-state index in [9.17, 15) is 4.79 Å². The van der Waals surface area contributed by atoms with Crippen molar-refractivity contribution in [3.8, 4) is 0 Å². The average molecular weight is 339 g/mol. The van der Waals surface area contributed by atoms with Gasteiger partial charge in [-0.25, -0.2) is 0 Å². The van der Waals surface area contributed by atoms with E-state index in [0.29, 0.717) is 11.5 Å². The van der Waals surface area contributed by atoms with Crippen molar-refractivity contribution in [3.05, 3.63) is 53.9 Å². The summed E-state index contributed by atoms with van der Waals surface area (Å²) in [5.41, 5.74) is 3.60. The van der Waals surface area contributed by atoms with Gasteiger partial charge in [0.25, 0.3) is 5.91 Å². The van der Waals surface area contributed by atoms with Gasteiger partial charge in [-0.2, -0.15) is 0 Å². The molecule has 2 aromatic rings. The zero-order valence-corrected chi connectivity index (χ0v) is 15.7. The molecule has 1 aromatic heterocycles. The first-order chi connectivity index (χ1) is 12.1. The van der Waals surface area contributed by atoms with Gasteiger partial charge in [-0.15, -0.1) is 0 Å². The molecule has 0 saturated carbocycles. The molecule has 134 valence electrons. The fraction of sp³-hybridized carbons (Fsp3) is 0.429. The van der Waals surface area contributed by atoms with Gasteiger partial charge < -0.3 is 10.2 Å². The van der Waals surface area contributed by atoms with Gasteiger partial charge in [-0.1, -0.05) is 45.9 Å². The highest BCUT2D eigenvalue weighted by Gasteiger charge is 2.13. The van der Waals surface area contributed by atoms with E-state index in [1.807, 2.05) is 30.5 Å². The van der Waals surface area contributed by atoms with Crippen LogP contribution in [-0.2, 0) is 0 Å². The SMILES string of the molecule is CCCN(CCC)c1cncc(C(=O)Nc2ccccc2C(C)C)c1. The van der Waals surface area contributed by atoms with E-state index in [-0.39, 0.29) is 5.91 Å². The van der Waals surface area contributed by atoms with Crippen LogP contribution < -0.4 is 10.2 Å². The second-order valence-corrected chi connectivity index (χ2v) is 6.61. The predicted molar refractivity (Wildman–Crippen MR) is 106 cm³/mol. The summed E-state index contributed by atoms with van der Waals surface area (Å²) >= 11 is 0. The molecule has 25 heavy (non-hydrogen) atoms. The monoisotopic (exact) mass is 339 g/mol. The summed E-state index contributed by atoms with van der Waals surface area (Å²) in [5.74, 6) is 0.237. The Bertz CT molecular complexity index is 691. The van der Waals surface area contributed by atoms with Gasteiger partial charge in [0.2, 0.25) is 0 Å². The molecule has 0 aliphatic heterocycles. The van der Waals surface area contributed by atoms with Crippen LogP contribution in [0.3, 0.4) is 0 Å². The molecule has 0 fully saturated rings. The predicted octanol–water partition coefficient (Wildman–Crippen LogP) is 5.08. The summed E-state index contributed by atoms with van der Waals surface area (Å²) in [5, 5.41) is 3.04. The Morgan fingerprint density at radius 3 is 2.44 bits per heavy atom. The van der Waals surface area contributed by atoms with Crippen molar-refractivity contribution in [2.45, 2.75) is 46.5 Å². The molecule has 0 bridgehead atoms. The second-order valence-electron chi connectivity index (χ2n) is 6.61. The smallest absolute Gasteiger partial charge is 0.257 e. The maximum atomic E-state index is 12.7. The average Bonchev–Trinajstić information content (AvgIpc) is 2.62. The second kappa shape index (κ2) is 9.21. The lowest BCUT2D eigenvalue weighted by molar-refractivity contribution is 0.102. The number of hydrogen-bond donors (Lipinski definition) is 1. The number of anilines is 2. The van der Waals surface area contributed by atoms with Crippen LogP contribution in [0, 0.1) is 0 Å². The molecule has 0 spiro atoms. The number of amides is 1. The zero-order chi connectivity index (χ0) is 18.2. The molecular formula is C21H29N3O. The first-order valence-corrected chi connectivity index (χ1v) is 9.17. The Labute approximate surface area is 151 Å². The minimum absolute atomic E-state index is 0.115. The van der Waals surface area contributed by atoms with E-state index in [4.69, 9.17) is 0 Å². The van der Waals surface area contributed by atoms with Crippen LogP contribution >= 0.6 is 0 Å². The largest absolute Gasteiger partial charge is 0.370 e. The molecule has 0 aliphatic rings. The van der Waals surface area contributed by atoms with Crippen LogP contribution in [0.1, 0.15) is 62.4 Å². The van der Waals surface area contributed by atoms with Gasteiger partial charge in [0.1, 0.15) is 0 Å². The van der Waals surface area contributed by atoms with Gasteiger partial charge >= 0.3 is 0 Å². The Balaban J connectivity index is 2.21. The quantitative estimate of drug-likeness (QED) is 0.729. The number of nitrogens with one attached hydrogen (secondary N) is 1. The van der Waals surface area contributed by atoms with E-state index in [1.54, 1.807) is 6.20 Å². The molecule has 1 amide bonds. The van der Waals surface area contributed by atoms with E-state index in [2.05, 4.69) is 49.0 Å². The molecule has 0 atom stereocenters. The number of rotatable bonds is 8. The molecule has 1 N–H and O–H groups in total. The van der Waals surface area contributed by atoms with Gasteiger partial charge in [-0.3, -0.25) is 9.78 Å². The first kappa shape index (κ1) is 19.0. The lowest BCUT2D eigenvalue weighted by atomic mass is 10.0. The molecule has 2 rings (SSSR count). The number of carbonyl (C=O) groups excluding carboxylic acids is 1. The third kappa shape index (κ3) is 5.05. The molecular weight excluding hydrogens is 310 g/mol. The highest BCUT2D eigenvalue weighted by molar-refractivity contribution is 6.05. The number of benzene rings is 1. The number of pyridine rings is 1. The topological polar surface area (TPSA) is 45.2 Å². The number of aromatic nitrogens is 1. The number of para-hydroxylation sites is 1. The van der Waals surface area contributed by atoms with Gasteiger partial charge in [0.15, 0.2) is 0 Å². The molecule has 0 saturated heterocycles. The molecule has 0 radical (unpaired) electrons. The van der Waals surface area contributed by atoms with Crippen molar-refractivity contribution >= 4 is 17.3 Å². The molecule has 1 aromatic carbocycles. The summed E-state index contributed by atoms with van der Waals surface area (Å²) in [6.45, 7) is 10.5. The lowest BCUT2D eigenvalue weighted by Crippen LogP contribution is -2.25. The molecule has 0 unspecified atom stereocenters. The van der Waals surface area contributed by atoms with Crippen LogP contribution in [0.2, 0.25) is 0 Å². The van der Waals surface area contributed by atoms with Gasteiger partial charge in [0, 0.05) is 25.0 Å². The van der Waals surface area contributed by atoms with Crippen molar-refractivity contribution in [1.82, 2.24) is 4.98 Å². The summed E-state index contributed by atoms with van der Waals surface area (Å²) in [7, 11) is 0. The Kier molecular flexibility index (Phi) is 6.99. The minimum Gasteiger partial charge on any atom is -0.370 e. The standard InChI is InChI=1S/C21H29N3O/c1-5-11-24(12-6-2)18-13-17(14-22-15-18)21(25)23-20-10-8-7-9-19(20)16(3)4/h7-10,13-16H,5-6,11-12H2,1-4H3,(H,23,25). The minimum atomic E-state index is -0.115. The Morgan fingerprint density at radius 1 is 1.12 bits per heavy atom. The molecule has 0 aliphatic carbocycles. The molecule has 4 heteroatoms. The number of hydrogen-bond acceptors (Lipinski definition) is 3. The fourth-order valence-electron chi connectivity index (χ4n) is 2.94. The van der Waals surface area contributed by atoms with Crippen LogP contribution in [0.15, 0.2) is 42.7 Å². The lowest BCUT2D eigenvalue weighted by Gasteiger charge is -2.23. The summed E-state index contributed by atoms with van der Waals surface area (Å²) in [6.07, 6.45) is 5.60. The van der Waals surface area contributed by atoms with Gasteiger partial charge in [-0.05, 0) is 36.5 Å². The maximum absolute atomic E-state index is 12.7. The van der Waals surface area contributed by atoms with Crippen LogP contribution in [0.4, 0.5) is 11.4 Å². The normalized spacial score (nSPS) is 10.8. The summed E-state index contributed by atoms with van der Waals surface area (Å²) < 4.78 is 0. The van der Waals surface area contributed by atoms with Crippen LogP contribution in [-0.4, -0.2) is 24.0 Å². The number of nitrogens with zero attached hydrogens (tertiary/aromatic N) is 2. The van der Waals surface area contributed by atoms with E-state index >= 15 is 0 Å². The first-order valence-electron chi connectivity index (χ1n) is 9.17. The highest BCUT2D eigenvalue weighted by atomic mass is 16.1. The van der Waals surface area contributed by atoms with Crippen molar-refractivity contribution < 1.29 is 4.79 Å². The zero-order valence-electron chi connectivity index (χ0n) is 15.7.